The lowest BCUT2D eigenvalue weighted by Crippen LogP contribution is -2.35. The van der Waals surface area contributed by atoms with Crippen LogP contribution < -0.4 is 5.32 Å². The Balaban J connectivity index is 2.70. The van der Waals surface area contributed by atoms with Crippen molar-refractivity contribution < 1.29 is 4.79 Å². The molecule has 17 heavy (non-hydrogen) atoms. The summed E-state index contributed by atoms with van der Waals surface area (Å²) >= 11 is 9.46. The minimum absolute atomic E-state index is 0.00702. The Bertz CT molecular complexity index is 395. The van der Waals surface area contributed by atoms with Crippen LogP contribution in [-0.4, -0.2) is 10.7 Å². The Morgan fingerprint density at radius 2 is 1.88 bits per heavy atom. The van der Waals surface area contributed by atoms with E-state index in [1.165, 1.54) is 0 Å². The molecule has 0 bridgehead atoms. The number of nitrogens with one attached hydrogen (secondary N) is 1. The Labute approximate surface area is 116 Å². The Hall–Kier alpha value is -0.540. The van der Waals surface area contributed by atoms with E-state index in [1.807, 2.05) is 45.0 Å². The molecule has 1 aromatic rings. The van der Waals surface area contributed by atoms with Crippen molar-refractivity contribution in [1.29, 1.82) is 0 Å². The average Bonchev–Trinajstić information content (AvgIpc) is 2.28. The zero-order valence-electron chi connectivity index (χ0n) is 10.2. The summed E-state index contributed by atoms with van der Waals surface area (Å²) in [4.78, 5) is 11.7. The number of carbonyl (C=O) groups is 1. The lowest BCUT2D eigenvalue weighted by atomic mass is 10.1. The van der Waals surface area contributed by atoms with E-state index in [0.717, 1.165) is 5.56 Å². The van der Waals surface area contributed by atoms with Crippen LogP contribution in [0.2, 0.25) is 5.02 Å². The molecule has 2 atom stereocenters. The zero-order chi connectivity index (χ0) is 13.0. The van der Waals surface area contributed by atoms with Crippen molar-refractivity contribution in [3.8, 4) is 0 Å². The molecule has 1 rings (SSSR count). The minimum atomic E-state index is -0.174. The van der Waals surface area contributed by atoms with Gasteiger partial charge < -0.3 is 5.32 Å². The van der Waals surface area contributed by atoms with Gasteiger partial charge in [-0.15, -0.1) is 0 Å². The first-order chi connectivity index (χ1) is 7.93. The second-order valence-corrected chi connectivity index (χ2v) is 5.79. The first-order valence-electron chi connectivity index (χ1n) is 5.62. The molecule has 94 valence electrons. The summed E-state index contributed by atoms with van der Waals surface area (Å²) in [6.07, 6.45) is 0. The van der Waals surface area contributed by atoms with Crippen molar-refractivity contribution in [2.24, 2.45) is 5.92 Å². The van der Waals surface area contributed by atoms with Gasteiger partial charge in [0, 0.05) is 5.02 Å². The van der Waals surface area contributed by atoms with Gasteiger partial charge in [0.2, 0.25) is 5.91 Å². The van der Waals surface area contributed by atoms with E-state index in [9.17, 15) is 4.79 Å². The molecule has 0 radical (unpaired) electrons. The summed E-state index contributed by atoms with van der Waals surface area (Å²) in [6, 6.07) is 7.45. The van der Waals surface area contributed by atoms with Gasteiger partial charge in [0.25, 0.3) is 0 Å². The smallest absolute Gasteiger partial charge is 0.234 e. The first-order valence-corrected chi connectivity index (χ1v) is 6.91. The molecule has 0 aromatic heterocycles. The highest BCUT2D eigenvalue weighted by molar-refractivity contribution is 9.10. The molecule has 0 aliphatic rings. The highest BCUT2D eigenvalue weighted by Crippen LogP contribution is 2.23. The van der Waals surface area contributed by atoms with Gasteiger partial charge in [0.05, 0.1) is 10.9 Å². The molecular weight excluding hydrogens is 302 g/mol. The fraction of sp³-hybridized carbons (Fsp3) is 0.462. The van der Waals surface area contributed by atoms with Crippen molar-refractivity contribution >= 4 is 33.4 Å². The molecule has 0 saturated carbocycles. The molecule has 0 spiro atoms. The van der Waals surface area contributed by atoms with Gasteiger partial charge in [-0.1, -0.05) is 59.6 Å². The highest BCUT2D eigenvalue weighted by Gasteiger charge is 2.21. The number of alkyl halides is 1. The predicted molar refractivity (Wildman–Crippen MR) is 75.6 cm³/mol. The molecule has 0 saturated heterocycles. The molecule has 1 unspecified atom stereocenters. The maximum absolute atomic E-state index is 11.9. The van der Waals surface area contributed by atoms with Crippen molar-refractivity contribution in [2.75, 3.05) is 0 Å². The number of rotatable bonds is 4. The van der Waals surface area contributed by atoms with E-state index >= 15 is 0 Å². The Morgan fingerprint density at radius 1 is 1.29 bits per heavy atom. The third kappa shape index (κ3) is 4.00. The van der Waals surface area contributed by atoms with Gasteiger partial charge in [0.15, 0.2) is 0 Å². The lowest BCUT2D eigenvalue weighted by Gasteiger charge is -2.19. The largest absolute Gasteiger partial charge is 0.349 e. The number of halogens is 2. The van der Waals surface area contributed by atoms with Crippen LogP contribution in [0.4, 0.5) is 0 Å². The fourth-order valence-corrected chi connectivity index (χ4v) is 1.93. The maximum Gasteiger partial charge on any atom is 0.234 e. The summed E-state index contributed by atoms with van der Waals surface area (Å²) in [5.74, 6) is 0.251. The van der Waals surface area contributed by atoms with Crippen LogP contribution in [0.5, 0.6) is 0 Å². The van der Waals surface area contributed by atoms with E-state index in [0.29, 0.717) is 5.02 Å². The quantitative estimate of drug-likeness (QED) is 0.837. The topological polar surface area (TPSA) is 29.1 Å². The summed E-state index contributed by atoms with van der Waals surface area (Å²) in [5.41, 5.74) is 0.936. The third-order valence-corrected chi connectivity index (χ3v) is 4.38. The highest BCUT2D eigenvalue weighted by atomic mass is 79.9. The molecule has 1 N–H and O–H groups in total. The summed E-state index contributed by atoms with van der Waals surface area (Å²) in [5, 5.41) is 3.62. The van der Waals surface area contributed by atoms with Crippen molar-refractivity contribution in [3.05, 3.63) is 34.9 Å². The van der Waals surface area contributed by atoms with Crippen molar-refractivity contribution in [3.63, 3.8) is 0 Å². The van der Waals surface area contributed by atoms with Crippen molar-refractivity contribution in [1.82, 2.24) is 5.32 Å². The summed E-state index contributed by atoms with van der Waals surface area (Å²) < 4.78 is 0. The van der Waals surface area contributed by atoms with Gasteiger partial charge in [-0.05, 0) is 24.5 Å². The summed E-state index contributed by atoms with van der Waals surface area (Å²) in [6.45, 7) is 5.93. The SMILES string of the molecule is CC(C)C(Br)C(=O)N[C@@H](C)c1ccccc1Cl. The number of carbonyl (C=O) groups excluding carboxylic acids is 1. The van der Waals surface area contributed by atoms with E-state index < -0.39 is 0 Å². The number of benzene rings is 1. The number of hydrogen-bond acceptors (Lipinski definition) is 1. The van der Waals surface area contributed by atoms with Gasteiger partial charge in [-0.2, -0.15) is 0 Å². The fourth-order valence-electron chi connectivity index (χ4n) is 1.50. The second-order valence-electron chi connectivity index (χ2n) is 4.40. The van der Waals surface area contributed by atoms with Gasteiger partial charge in [0.1, 0.15) is 0 Å². The molecule has 1 amide bonds. The van der Waals surface area contributed by atoms with E-state index in [1.54, 1.807) is 0 Å². The van der Waals surface area contributed by atoms with Gasteiger partial charge in [-0.25, -0.2) is 0 Å². The monoisotopic (exact) mass is 317 g/mol. The molecular formula is C13H17BrClNO. The number of amides is 1. The van der Waals surface area contributed by atoms with Crippen LogP contribution in [0.1, 0.15) is 32.4 Å². The van der Waals surface area contributed by atoms with Crippen LogP contribution in [0.25, 0.3) is 0 Å². The summed E-state index contributed by atoms with van der Waals surface area (Å²) in [7, 11) is 0. The predicted octanol–water partition coefficient (Wildman–Crippen LogP) is 3.94. The minimum Gasteiger partial charge on any atom is -0.349 e. The van der Waals surface area contributed by atoms with Crippen LogP contribution in [0, 0.1) is 5.92 Å². The van der Waals surface area contributed by atoms with Crippen molar-refractivity contribution in [2.45, 2.75) is 31.6 Å². The second kappa shape index (κ2) is 6.41. The molecule has 0 fully saturated rings. The normalized spacial score (nSPS) is 14.5. The molecule has 4 heteroatoms. The lowest BCUT2D eigenvalue weighted by molar-refractivity contribution is -0.121. The molecule has 0 aliphatic carbocycles. The maximum atomic E-state index is 11.9. The Morgan fingerprint density at radius 3 is 2.41 bits per heavy atom. The standard InChI is InChI=1S/C13H17BrClNO/c1-8(2)12(14)13(17)16-9(3)10-6-4-5-7-11(10)15/h4-9,12H,1-3H3,(H,16,17)/t9-,12?/m0/s1. The van der Waals surface area contributed by atoms with E-state index in [2.05, 4.69) is 21.2 Å². The molecule has 0 aliphatic heterocycles. The average molecular weight is 319 g/mol. The van der Waals surface area contributed by atoms with Gasteiger partial charge >= 0.3 is 0 Å². The Kier molecular flexibility index (Phi) is 5.47. The number of hydrogen-bond donors (Lipinski definition) is 1. The first kappa shape index (κ1) is 14.5. The molecule has 2 nitrogen and oxygen atoms in total. The van der Waals surface area contributed by atoms with Gasteiger partial charge in [-0.3, -0.25) is 4.79 Å². The third-order valence-electron chi connectivity index (χ3n) is 2.57. The molecule has 1 aromatic carbocycles. The van der Waals surface area contributed by atoms with Crippen LogP contribution >= 0.6 is 27.5 Å². The van der Waals surface area contributed by atoms with Crippen LogP contribution in [0.3, 0.4) is 0 Å². The zero-order valence-corrected chi connectivity index (χ0v) is 12.5. The molecule has 0 heterocycles. The van der Waals surface area contributed by atoms with E-state index in [4.69, 9.17) is 11.6 Å². The van der Waals surface area contributed by atoms with Crippen LogP contribution in [-0.2, 0) is 4.79 Å². The van der Waals surface area contributed by atoms with Crippen LogP contribution in [0.15, 0.2) is 24.3 Å². The van der Waals surface area contributed by atoms with E-state index in [-0.39, 0.29) is 22.7 Å².